The van der Waals surface area contributed by atoms with Crippen molar-refractivity contribution >= 4 is 11.6 Å². The monoisotopic (exact) mass is 298 g/mol. The van der Waals surface area contributed by atoms with E-state index in [1.54, 1.807) is 13.8 Å². The number of hydrogen-bond donors (Lipinski definition) is 0. The van der Waals surface area contributed by atoms with Gasteiger partial charge in [-0.1, -0.05) is 6.07 Å². The fourth-order valence-corrected chi connectivity index (χ4v) is 1.81. The van der Waals surface area contributed by atoms with Crippen LogP contribution in [-0.4, -0.2) is 38.2 Å². The lowest BCUT2D eigenvalue weighted by Crippen LogP contribution is -2.29. The summed E-state index contributed by atoms with van der Waals surface area (Å²) in [5.41, 5.74) is -0.236. The van der Waals surface area contributed by atoms with Crippen LogP contribution in [0.2, 0.25) is 0 Å². The van der Waals surface area contributed by atoms with Gasteiger partial charge in [-0.3, -0.25) is 9.59 Å². The number of carbonyl (C=O) groups excluding carboxylic acids is 2. The molecule has 0 aliphatic carbocycles. The predicted molar refractivity (Wildman–Crippen MR) is 73.9 cm³/mol. The van der Waals surface area contributed by atoms with Gasteiger partial charge in [0.2, 0.25) is 6.29 Å². The molecular formula is C15H19FO5. The SMILES string of the molecule is CCOC(OCC)C(=O)CC(=O)c1c(F)cccc1OC. The highest BCUT2D eigenvalue weighted by Crippen LogP contribution is 2.23. The molecular weight excluding hydrogens is 279 g/mol. The molecule has 5 nitrogen and oxygen atoms in total. The number of rotatable bonds is 9. The van der Waals surface area contributed by atoms with Gasteiger partial charge in [-0.05, 0) is 26.0 Å². The van der Waals surface area contributed by atoms with E-state index < -0.39 is 30.1 Å². The van der Waals surface area contributed by atoms with Gasteiger partial charge in [-0.15, -0.1) is 0 Å². The average molecular weight is 298 g/mol. The molecule has 0 unspecified atom stereocenters. The second kappa shape index (κ2) is 8.49. The van der Waals surface area contributed by atoms with E-state index in [1.807, 2.05) is 0 Å². The molecule has 0 heterocycles. The lowest BCUT2D eigenvalue weighted by atomic mass is 10.0. The zero-order chi connectivity index (χ0) is 15.8. The molecule has 116 valence electrons. The minimum atomic E-state index is -1.11. The Morgan fingerprint density at radius 2 is 1.81 bits per heavy atom. The Morgan fingerprint density at radius 1 is 1.19 bits per heavy atom. The van der Waals surface area contributed by atoms with Gasteiger partial charge in [0.05, 0.1) is 19.1 Å². The standard InChI is InChI=1S/C15H19FO5/c1-4-20-15(21-5-2)12(18)9-11(17)14-10(16)7-6-8-13(14)19-3/h6-8,15H,4-5,9H2,1-3H3. The van der Waals surface area contributed by atoms with Gasteiger partial charge in [0.1, 0.15) is 11.6 Å². The van der Waals surface area contributed by atoms with Crippen molar-refractivity contribution in [1.82, 2.24) is 0 Å². The van der Waals surface area contributed by atoms with Crippen LogP contribution >= 0.6 is 0 Å². The fourth-order valence-electron chi connectivity index (χ4n) is 1.81. The van der Waals surface area contributed by atoms with Gasteiger partial charge in [0, 0.05) is 13.2 Å². The van der Waals surface area contributed by atoms with Crippen molar-refractivity contribution < 1.29 is 28.2 Å². The number of halogens is 1. The summed E-state index contributed by atoms with van der Waals surface area (Å²) < 4.78 is 28.9. The summed E-state index contributed by atoms with van der Waals surface area (Å²) >= 11 is 0. The third-order valence-corrected chi connectivity index (χ3v) is 2.71. The van der Waals surface area contributed by atoms with E-state index in [-0.39, 0.29) is 24.5 Å². The highest BCUT2D eigenvalue weighted by Gasteiger charge is 2.25. The first-order valence-electron chi connectivity index (χ1n) is 6.66. The summed E-state index contributed by atoms with van der Waals surface area (Å²) in [6, 6.07) is 4.03. The van der Waals surface area contributed by atoms with Crippen LogP contribution in [0.25, 0.3) is 0 Å². The lowest BCUT2D eigenvalue weighted by Gasteiger charge is -2.15. The van der Waals surface area contributed by atoms with E-state index in [0.29, 0.717) is 0 Å². The summed E-state index contributed by atoms with van der Waals surface area (Å²) in [4.78, 5) is 24.1. The van der Waals surface area contributed by atoms with Crippen molar-refractivity contribution in [1.29, 1.82) is 0 Å². The molecule has 0 amide bonds. The van der Waals surface area contributed by atoms with Crippen LogP contribution in [0.1, 0.15) is 30.6 Å². The topological polar surface area (TPSA) is 61.8 Å². The summed E-state index contributed by atoms with van der Waals surface area (Å²) in [6.07, 6.45) is -1.62. The molecule has 0 N–H and O–H groups in total. The Hall–Kier alpha value is -1.79. The number of ether oxygens (including phenoxy) is 3. The van der Waals surface area contributed by atoms with Crippen LogP contribution in [0, 0.1) is 5.82 Å². The van der Waals surface area contributed by atoms with E-state index in [4.69, 9.17) is 14.2 Å². The second-order valence-electron chi connectivity index (χ2n) is 4.13. The van der Waals surface area contributed by atoms with Crippen LogP contribution in [0.15, 0.2) is 18.2 Å². The summed E-state index contributed by atoms with van der Waals surface area (Å²) in [7, 11) is 1.33. The number of ketones is 2. The smallest absolute Gasteiger partial charge is 0.218 e. The molecule has 6 heteroatoms. The van der Waals surface area contributed by atoms with Crippen LogP contribution < -0.4 is 4.74 Å². The first-order valence-corrected chi connectivity index (χ1v) is 6.66. The van der Waals surface area contributed by atoms with Crippen molar-refractivity contribution in [3.8, 4) is 5.75 Å². The second-order valence-corrected chi connectivity index (χ2v) is 4.13. The Bertz CT molecular complexity index is 495. The van der Waals surface area contributed by atoms with Crippen LogP contribution in [0.3, 0.4) is 0 Å². The quantitative estimate of drug-likeness (QED) is 0.398. The van der Waals surface area contributed by atoms with Gasteiger partial charge < -0.3 is 14.2 Å². The van der Waals surface area contributed by atoms with Gasteiger partial charge in [-0.2, -0.15) is 0 Å². The lowest BCUT2D eigenvalue weighted by molar-refractivity contribution is -0.166. The minimum absolute atomic E-state index is 0.0946. The molecule has 1 rings (SSSR count). The molecule has 0 aliphatic heterocycles. The van der Waals surface area contributed by atoms with Gasteiger partial charge >= 0.3 is 0 Å². The predicted octanol–water partition coefficient (Wildman–Crippen LogP) is 2.38. The summed E-state index contributed by atoms with van der Waals surface area (Å²) in [5.74, 6) is -1.85. The molecule has 0 bridgehead atoms. The fraction of sp³-hybridized carbons (Fsp3) is 0.467. The Labute approximate surface area is 123 Å². The van der Waals surface area contributed by atoms with Crippen LogP contribution in [-0.2, 0) is 14.3 Å². The van der Waals surface area contributed by atoms with E-state index in [2.05, 4.69) is 0 Å². The number of hydrogen-bond acceptors (Lipinski definition) is 5. The van der Waals surface area contributed by atoms with Crippen molar-refractivity contribution in [2.75, 3.05) is 20.3 Å². The van der Waals surface area contributed by atoms with Crippen molar-refractivity contribution in [3.63, 3.8) is 0 Å². The van der Waals surface area contributed by atoms with E-state index in [0.717, 1.165) is 6.07 Å². The molecule has 21 heavy (non-hydrogen) atoms. The molecule has 0 fully saturated rings. The number of methoxy groups -OCH3 is 1. The molecule has 0 saturated heterocycles. The number of Topliss-reactive ketones (excluding diaryl/α,β-unsaturated/α-hetero) is 2. The molecule has 0 spiro atoms. The zero-order valence-corrected chi connectivity index (χ0v) is 12.3. The van der Waals surface area contributed by atoms with Crippen LogP contribution in [0.5, 0.6) is 5.75 Å². The third kappa shape index (κ3) is 4.61. The molecule has 0 radical (unpaired) electrons. The van der Waals surface area contributed by atoms with Gasteiger partial charge in [-0.25, -0.2) is 4.39 Å². The van der Waals surface area contributed by atoms with Crippen molar-refractivity contribution in [3.05, 3.63) is 29.6 Å². The number of benzene rings is 1. The first-order chi connectivity index (χ1) is 10.0. The average Bonchev–Trinajstić information content (AvgIpc) is 2.46. The van der Waals surface area contributed by atoms with Crippen molar-refractivity contribution in [2.24, 2.45) is 0 Å². The maximum absolute atomic E-state index is 13.8. The molecule has 0 saturated carbocycles. The molecule has 1 aromatic carbocycles. The summed E-state index contributed by atoms with van der Waals surface area (Å²) in [6.45, 7) is 3.96. The van der Waals surface area contributed by atoms with Crippen LogP contribution in [0.4, 0.5) is 4.39 Å². The Balaban J connectivity index is 2.87. The number of carbonyl (C=O) groups is 2. The maximum atomic E-state index is 13.8. The van der Waals surface area contributed by atoms with Crippen molar-refractivity contribution in [2.45, 2.75) is 26.6 Å². The molecule has 0 aromatic heterocycles. The minimum Gasteiger partial charge on any atom is -0.496 e. The van der Waals surface area contributed by atoms with E-state index in [9.17, 15) is 14.0 Å². The zero-order valence-electron chi connectivity index (χ0n) is 12.3. The largest absolute Gasteiger partial charge is 0.496 e. The van der Waals surface area contributed by atoms with E-state index in [1.165, 1.54) is 19.2 Å². The Morgan fingerprint density at radius 3 is 2.33 bits per heavy atom. The van der Waals surface area contributed by atoms with Gasteiger partial charge in [0.15, 0.2) is 11.6 Å². The molecule has 0 atom stereocenters. The highest BCUT2D eigenvalue weighted by molar-refractivity contribution is 6.10. The molecule has 1 aromatic rings. The third-order valence-electron chi connectivity index (χ3n) is 2.71. The first kappa shape index (κ1) is 17.3. The molecule has 0 aliphatic rings. The normalized spacial score (nSPS) is 10.7. The summed E-state index contributed by atoms with van der Waals surface area (Å²) in [5, 5.41) is 0. The van der Waals surface area contributed by atoms with E-state index >= 15 is 0 Å². The maximum Gasteiger partial charge on any atom is 0.218 e. The van der Waals surface area contributed by atoms with Gasteiger partial charge in [0.25, 0.3) is 0 Å². The Kier molecular flexibility index (Phi) is 6.98. The highest BCUT2D eigenvalue weighted by atomic mass is 19.1.